The molecule has 0 atom stereocenters. The molecule has 7 nitrogen and oxygen atoms in total. The molecule has 0 aliphatic heterocycles. The summed E-state index contributed by atoms with van der Waals surface area (Å²) in [6.45, 7) is 0.806. The fourth-order valence-electron chi connectivity index (χ4n) is 3.76. The number of pyridine rings is 1. The number of nitro benzene ring substituents is 1. The Kier molecular flexibility index (Phi) is 5.54. The first-order valence-electron chi connectivity index (χ1n) is 9.96. The van der Waals surface area contributed by atoms with Crippen LogP contribution in [0.15, 0.2) is 77.6 Å². The third-order valence-electron chi connectivity index (χ3n) is 5.20. The van der Waals surface area contributed by atoms with Crippen LogP contribution in [0.4, 0.5) is 5.69 Å². The van der Waals surface area contributed by atoms with E-state index in [1.807, 2.05) is 50.5 Å². The summed E-state index contributed by atoms with van der Waals surface area (Å²) in [5.74, 6) is 0. The van der Waals surface area contributed by atoms with Gasteiger partial charge in [-0.2, -0.15) is 5.26 Å². The quantitative estimate of drug-likeness (QED) is 0.347. The van der Waals surface area contributed by atoms with Crippen molar-refractivity contribution < 1.29 is 4.92 Å². The van der Waals surface area contributed by atoms with Crippen molar-refractivity contribution in [1.29, 1.82) is 5.26 Å². The number of nitro groups is 1. The zero-order valence-corrected chi connectivity index (χ0v) is 17.6. The van der Waals surface area contributed by atoms with Gasteiger partial charge >= 0.3 is 0 Å². The highest BCUT2D eigenvalue weighted by molar-refractivity contribution is 5.87. The lowest BCUT2D eigenvalue weighted by molar-refractivity contribution is -0.384. The fourth-order valence-corrected chi connectivity index (χ4v) is 3.76. The van der Waals surface area contributed by atoms with Crippen molar-refractivity contribution in [3.8, 4) is 22.9 Å². The number of rotatable bonds is 5. The number of nitrogens with zero attached hydrogens (tertiary/aromatic N) is 4. The van der Waals surface area contributed by atoms with Crippen molar-refractivity contribution >= 4 is 16.6 Å². The molecule has 7 heteroatoms. The molecule has 4 aromatic rings. The molecule has 158 valence electrons. The number of benzene rings is 3. The Morgan fingerprint density at radius 2 is 1.72 bits per heavy atom. The zero-order chi connectivity index (χ0) is 22.8. The third-order valence-corrected chi connectivity index (χ3v) is 5.20. The van der Waals surface area contributed by atoms with E-state index in [-0.39, 0.29) is 11.3 Å². The van der Waals surface area contributed by atoms with Crippen LogP contribution in [-0.4, -0.2) is 28.5 Å². The molecule has 0 saturated carbocycles. The van der Waals surface area contributed by atoms with Gasteiger partial charge in [0.15, 0.2) is 0 Å². The zero-order valence-electron chi connectivity index (χ0n) is 17.6. The molecule has 0 N–H and O–H groups in total. The second-order valence-electron chi connectivity index (χ2n) is 7.80. The van der Waals surface area contributed by atoms with E-state index in [9.17, 15) is 20.2 Å². The summed E-state index contributed by atoms with van der Waals surface area (Å²) < 4.78 is 1.44. The van der Waals surface area contributed by atoms with Gasteiger partial charge in [-0.25, -0.2) is 0 Å². The van der Waals surface area contributed by atoms with E-state index in [1.54, 1.807) is 6.07 Å². The molecule has 32 heavy (non-hydrogen) atoms. The summed E-state index contributed by atoms with van der Waals surface area (Å²) in [7, 11) is 4.02. The number of hydrogen-bond acceptors (Lipinski definition) is 5. The summed E-state index contributed by atoms with van der Waals surface area (Å²) in [5, 5.41) is 21.2. The Hall–Kier alpha value is -4.28. The highest BCUT2D eigenvalue weighted by Gasteiger charge is 2.14. The average molecular weight is 424 g/mol. The third kappa shape index (κ3) is 4.00. The van der Waals surface area contributed by atoms with Crippen LogP contribution >= 0.6 is 0 Å². The minimum absolute atomic E-state index is 0.0107. The van der Waals surface area contributed by atoms with Crippen molar-refractivity contribution in [3.63, 3.8) is 0 Å². The van der Waals surface area contributed by atoms with Gasteiger partial charge in [-0.1, -0.05) is 30.3 Å². The summed E-state index contributed by atoms with van der Waals surface area (Å²) in [6.07, 6.45) is 0. The van der Waals surface area contributed by atoms with Gasteiger partial charge in [0, 0.05) is 29.8 Å². The van der Waals surface area contributed by atoms with Crippen LogP contribution in [0.25, 0.3) is 27.7 Å². The maximum absolute atomic E-state index is 13.1. The predicted molar refractivity (Wildman–Crippen MR) is 124 cm³/mol. The van der Waals surface area contributed by atoms with E-state index in [2.05, 4.69) is 17.0 Å². The standard InChI is InChI=1S/C25H20N4O3/c1-27(2)16-17-4-3-5-18(12-17)19-6-7-20-13-21(15-26)25(30)28(24(20)14-19)22-8-10-23(11-9-22)29(31)32/h3-14H,16H2,1-2H3. The van der Waals surface area contributed by atoms with Crippen LogP contribution in [0.1, 0.15) is 11.1 Å². The molecule has 0 fully saturated rings. The van der Waals surface area contributed by atoms with Crippen molar-refractivity contribution in [2.45, 2.75) is 6.54 Å². The molecule has 0 bridgehead atoms. The smallest absolute Gasteiger partial charge is 0.273 e. The molecule has 0 spiro atoms. The second kappa shape index (κ2) is 8.46. The topological polar surface area (TPSA) is 92.2 Å². The Morgan fingerprint density at radius 1 is 1.00 bits per heavy atom. The van der Waals surface area contributed by atoms with Gasteiger partial charge in [0.2, 0.25) is 0 Å². The Morgan fingerprint density at radius 3 is 2.38 bits per heavy atom. The van der Waals surface area contributed by atoms with Gasteiger partial charge in [-0.3, -0.25) is 19.5 Å². The number of hydrogen-bond donors (Lipinski definition) is 0. The number of fused-ring (bicyclic) bond motifs is 1. The molecule has 1 aromatic heterocycles. The first kappa shape index (κ1) is 21.0. The van der Waals surface area contributed by atoms with Crippen LogP contribution < -0.4 is 5.56 Å². The molecule has 1 heterocycles. The molecule has 0 unspecified atom stereocenters. The highest BCUT2D eigenvalue weighted by Crippen LogP contribution is 2.27. The van der Waals surface area contributed by atoms with E-state index in [0.29, 0.717) is 11.2 Å². The van der Waals surface area contributed by atoms with Crippen molar-refractivity contribution in [2.24, 2.45) is 0 Å². The maximum atomic E-state index is 13.1. The van der Waals surface area contributed by atoms with Crippen LogP contribution in [0.5, 0.6) is 0 Å². The normalized spacial score (nSPS) is 10.9. The second-order valence-corrected chi connectivity index (χ2v) is 7.80. The Bertz CT molecular complexity index is 1430. The number of aromatic nitrogens is 1. The molecular weight excluding hydrogens is 404 g/mol. The monoisotopic (exact) mass is 424 g/mol. The minimum atomic E-state index is -0.491. The molecule has 0 saturated heterocycles. The van der Waals surface area contributed by atoms with E-state index in [1.165, 1.54) is 34.4 Å². The molecule has 0 aliphatic rings. The molecule has 4 rings (SSSR count). The van der Waals surface area contributed by atoms with Crippen LogP contribution in [0, 0.1) is 21.4 Å². The van der Waals surface area contributed by atoms with Crippen molar-refractivity contribution in [2.75, 3.05) is 14.1 Å². The Balaban J connectivity index is 1.93. The molecule has 0 aliphatic carbocycles. The van der Waals surface area contributed by atoms with E-state index in [0.717, 1.165) is 23.1 Å². The van der Waals surface area contributed by atoms with Gasteiger partial charge in [0.05, 0.1) is 10.4 Å². The largest absolute Gasteiger partial charge is 0.305 e. The highest BCUT2D eigenvalue weighted by atomic mass is 16.6. The summed E-state index contributed by atoms with van der Waals surface area (Å²) >= 11 is 0. The molecular formula is C25H20N4O3. The van der Waals surface area contributed by atoms with Gasteiger partial charge in [0.1, 0.15) is 11.6 Å². The van der Waals surface area contributed by atoms with Gasteiger partial charge in [0.25, 0.3) is 11.2 Å². The van der Waals surface area contributed by atoms with Gasteiger partial charge in [-0.05, 0) is 61.1 Å². The minimum Gasteiger partial charge on any atom is -0.305 e. The molecule has 3 aromatic carbocycles. The fraction of sp³-hybridized carbons (Fsp3) is 0.120. The predicted octanol–water partition coefficient (Wildman–Crippen LogP) is 4.50. The van der Waals surface area contributed by atoms with E-state index >= 15 is 0 Å². The van der Waals surface area contributed by atoms with E-state index in [4.69, 9.17) is 0 Å². The molecule has 0 radical (unpaired) electrons. The van der Waals surface area contributed by atoms with Crippen molar-refractivity contribution in [3.05, 3.63) is 104 Å². The lowest BCUT2D eigenvalue weighted by atomic mass is 10.0. The van der Waals surface area contributed by atoms with E-state index < -0.39 is 10.5 Å². The lowest BCUT2D eigenvalue weighted by Gasteiger charge is -2.14. The van der Waals surface area contributed by atoms with Crippen LogP contribution in [0.2, 0.25) is 0 Å². The van der Waals surface area contributed by atoms with Gasteiger partial charge < -0.3 is 4.90 Å². The van der Waals surface area contributed by atoms with Crippen LogP contribution in [-0.2, 0) is 6.54 Å². The van der Waals surface area contributed by atoms with Crippen LogP contribution in [0.3, 0.4) is 0 Å². The SMILES string of the molecule is CN(C)Cc1cccc(-c2ccc3cc(C#N)c(=O)n(-c4ccc([N+](=O)[O-])cc4)c3c2)c1. The number of nitriles is 1. The summed E-state index contributed by atoms with van der Waals surface area (Å²) in [6, 6.07) is 23.2. The summed E-state index contributed by atoms with van der Waals surface area (Å²) in [5.41, 5.74) is 3.67. The maximum Gasteiger partial charge on any atom is 0.273 e. The summed E-state index contributed by atoms with van der Waals surface area (Å²) in [4.78, 5) is 25.7. The first-order chi connectivity index (χ1) is 15.4. The Labute approximate surface area is 184 Å². The average Bonchev–Trinajstić information content (AvgIpc) is 2.78. The number of non-ortho nitro benzene ring substituents is 1. The van der Waals surface area contributed by atoms with Crippen molar-refractivity contribution in [1.82, 2.24) is 9.47 Å². The first-order valence-corrected chi connectivity index (χ1v) is 9.96. The van der Waals surface area contributed by atoms with Gasteiger partial charge in [-0.15, -0.1) is 0 Å². The lowest BCUT2D eigenvalue weighted by Crippen LogP contribution is -2.21. The molecule has 0 amide bonds.